The van der Waals surface area contributed by atoms with E-state index >= 15 is 0 Å². The highest BCUT2D eigenvalue weighted by Crippen LogP contribution is 2.30. The van der Waals surface area contributed by atoms with Crippen LogP contribution in [0.5, 0.6) is 0 Å². The van der Waals surface area contributed by atoms with E-state index in [4.69, 9.17) is 0 Å². The summed E-state index contributed by atoms with van der Waals surface area (Å²) >= 11 is 0. The van der Waals surface area contributed by atoms with Crippen molar-refractivity contribution >= 4 is 18.3 Å². The van der Waals surface area contributed by atoms with E-state index in [1.165, 1.54) is 6.07 Å². The van der Waals surface area contributed by atoms with Crippen LogP contribution < -0.4 is 10.6 Å². The highest BCUT2D eigenvalue weighted by atomic mass is 35.5. The Labute approximate surface area is 165 Å². The lowest BCUT2D eigenvalue weighted by Gasteiger charge is -2.12. The molecule has 1 saturated heterocycles. The summed E-state index contributed by atoms with van der Waals surface area (Å²) in [4.78, 5) is 19.7. The number of alkyl halides is 4. The molecule has 0 aromatic carbocycles. The summed E-state index contributed by atoms with van der Waals surface area (Å²) < 4.78 is 51.1. The van der Waals surface area contributed by atoms with Crippen LogP contribution in [0.2, 0.25) is 0 Å². The molecule has 5 nitrogen and oxygen atoms in total. The molecular formula is C18H19ClF4N4O. The Hall–Kier alpha value is -2.26. The molecule has 0 radical (unpaired) electrons. The number of halogens is 5. The molecule has 0 spiro atoms. The third-order valence-electron chi connectivity index (χ3n) is 4.36. The van der Waals surface area contributed by atoms with Crippen molar-refractivity contribution in [3.05, 3.63) is 47.5 Å². The number of carbonyl (C=O) groups is 1. The SMILES string of the molecule is Cc1cnc(CNC(=O)[C@@H]2C[C@@H](F)CN2)cc1-c1ccc(C(F)(F)F)nc1.Cl. The highest BCUT2D eigenvalue weighted by molar-refractivity contribution is 5.85. The summed E-state index contributed by atoms with van der Waals surface area (Å²) in [5.41, 5.74) is 1.55. The second-order valence-electron chi connectivity index (χ2n) is 6.43. The molecule has 1 aliphatic rings. The molecular weight excluding hydrogens is 400 g/mol. The molecule has 0 unspecified atom stereocenters. The fraction of sp³-hybridized carbons (Fsp3) is 0.389. The number of carbonyl (C=O) groups excluding carboxylic acids is 1. The highest BCUT2D eigenvalue weighted by Gasteiger charge is 2.32. The number of aromatic nitrogens is 2. The predicted octanol–water partition coefficient (Wildman–Crippen LogP) is 3.21. The van der Waals surface area contributed by atoms with Crippen LogP contribution >= 0.6 is 12.4 Å². The zero-order chi connectivity index (χ0) is 19.6. The van der Waals surface area contributed by atoms with E-state index in [2.05, 4.69) is 20.6 Å². The van der Waals surface area contributed by atoms with E-state index in [9.17, 15) is 22.4 Å². The number of nitrogens with zero attached hydrogens (tertiary/aromatic N) is 2. The van der Waals surface area contributed by atoms with Gasteiger partial charge in [0.25, 0.3) is 0 Å². The van der Waals surface area contributed by atoms with Crippen LogP contribution in [0.4, 0.5) is 17.6 Å². The second kappa shape index (κ2) is 8.83. The molecule has 2 N–H and O–H groups in total. The Morgan fingerprint density at radius 3 is 2.61 bits per heavy atom. The average Bonchev–Trinajstić information content (AvgIpc) is 3.07. The van der Waals surface area contributed by atoms with E-state index in [1.807, 2.05) is 0 Å². The fourth-order valence-corrected chi connectivity index (χ4v) is 2.89. The van der Waals surface area contributed by atoms with E-state index in [0.717, 1.165) is 17.8 Å². The molecule has 2 aromatic heterocycles. The maximum absolute atomic E-state index is 13.2. The number of rotatable bonds is 4. The third-order valence-corrected chi connectivity index (χ3v) is 4.36. The molecule has 0 saturated carbocycles. The standard InChI is InChI=1S/C18H18F4N4O.ClH/c1-10-6-23-13(9-26-17(27)15-4-12(19)8-24-15)5-14(10)11-2-3-16(25-7-11)18(20,21)22;/h2-3,5-7,12,15,24H,4,8-9H2,1H3,(H,26,27);1H/t12-,15+;/m1./s1. The van der Waals surface area contributed by atoms with Gasteiger partial charge in [-0.05, 0) is 30.2 Å². The first kappa shape index (κ1) is 22.0. The van der Waals surface area contributed by atoms with Gasteiger partial charge in [0.05, 0.1) is 18.3 Å². The summed E-state index contributed by atoms with van der Waals surface area (Å²) in [6.45, 7) is 2.08. The summed E-state index contributed by atoms with van der Waals surface area (Å²) in [5.74, 6) is -0.310. The largest absolute Gasteiger partial charge is 0.433 e. The van der Waals surface area contributed by atoms with E-state index in [1.54, 1.807) is 19.2 Å². The molecule has 3 rings (SSSR count). The molecule has 1 aliphatic heterocycles. The van der Waals surface area contributed by atoms with Crippen molar-refractivity contribution in [1.29, 1.82) is 0 Å². The monoisotopic (exact) mass is 418 g/mol. The minimum absolute atomic E-state index is 0. The molecule has 152 valence electrons. The minimum Gasteiger partial charge on any atom is -0.349 e. The van der Waals surface area contributed by atoms with Crippen molar-refractivity contribution in [1.82, 2.24) is 20.6 Å². The number of pyridine rings is 2. The lowest BCUT2D eigenvalue weighted by Crippen LogP contribution is -2.40. The van der Waals surface area contributed by atoms with Crippen LogP contribution in [0.1, 0.15) is 23.4 Å². The molecule has 2 aromatic rings. The van der Waals surface area contributed by atoms with Gasteiger partial charge in [0, 0.05) is 30.9 Å². The first-order valence-electron chi connectivity index (χ1n) is 8.38. The third kappa shape index (κ3) is 5.17. The molecule has 10 heteroatoms. The van der Waals surface area contributed by atoms with Crippen LogP contribution in [0.3, 0.4) is 0 Å². The van der Waals surface area contributed by atoms with E-state index in [0.29, 0.717) is 16.8 Å². The Kier molecular flexibility index (Phi) is 6.95. The Balaban J connectivity index is 0.00000280. The van der Waals surface area contributed by atoms with Gasteiger partial charge in [0.2, 0.25) is 5.91 Å². The predicted molar refractivity (Wildman–Crippen MR) is 97.6 cm³/mol. The molecule has 0 aliphatic carbocycles. The van der Waals surface area contributed by atoms with Gasteiger partial charge in [0.15, 0.2) is 0 Å². The number of nitrogens with one attached hydrogen (secondary N) is 2. The van der Waals surface area contributed by atoms with Crippen molar-refractivity contribution in [2.75, 3.05) is 6.54 Å². The summed E-state index contributed by atoms with van der Waals surface area (Å²) in [7, 11) is 0. The molecule has 1 amide bonds. The van der Waals surface area contributed by atoms with Gasteiger partial charge in [-0.2, -0.15) is 13.2 Å². The van der Waals surface area contributed by atoms with E-state index in [-0.39, 0.29) is 37.8 Å². The maximum atomic E-state index is 13.2. The van der Waals surface area contributed by atoms with Gasteiger partial charge in [-0.1, -0.05) is 6.07 Å². The zero-order valence-electron chi connectivity index (χ0n) is 14.9. The van der Waals surface area contributed by atoms with Gasteiger partial charge in [-0.15, -0.1) is 12.4 Å². The lowest BCUT2D eigenvalue weighted by molar-refractivity contribution is -0.141. The number of aryl methyl sites for hydroxylation is 1. The summed E-state index contributed by atoms with van der Waals surface area (Å²) in [6, 6.07) is 3.41. The van der Waals surface area contributed by atoms with Crippen LogP contribution in [-0.4, -0.2) is 34.6 Å². The first-order chi connectivity index (χ1) is 12.7. The molecule has 0 bridgehead atoms. The van der Waals surface area contributed by atoms with Gasteiger partial charge in [0.1, 0.15) is 11.9 Å². The van der Waals surface area contributed by atoms with Crippen molar-refractivity contribution in [2.24, 2.45) is 0 Å². The minimum atomic E-state index is -4.49. The van der Waals surface area contributed by atoms with Crippen LogP contribution in [0.25, 0.3) is 11.1 Å². The van der Waals surface area contributed by atoms with Crippen LogP contribution in [0.15, 0.2) is 30.6 Å². The van der Waals surface area contributed by atoms with E-state index < -0.39 is 24.1 Å². The Morgan fingerprint density at radius 2 is 2.04 bits per heavy atom. The van der Waals surface area contributed by atoms with Gasteiger partial charge >= 0.3 is 6.18 Å². The smallest absolute Gasteiger partial charge is 0.349 e. The second-order valence-corrected chi connectivity index (χ2v) is 6.43. The Morgan fingerprint density at radius 1 is 1.29 bits per heavy atom. The topological polar surface area (TPSA) is 66.9 Å². The number of hydrogen-bond acceptors (Lipinski definition) is 4. The Bertz CT molecular complexity index is 829. The van der Waals surface area contributed by atoms with Gasteiger partial charge < -0.3 is 10.6 Å². The number of amides is 1. The summed E-state index contributed by atoms with van der Waals surface area (Å²) in [6.07, 6.45) is -2.64. The maximum Gasteiger partial charge on any atom is 0.433 e. The van der Waals surface area contributed by atoms with Crippen LogP contribution in [0, 0.1) is 6.92 Å². The normalized spacial score (nSPS) is 19.2. The van der Waals surface area contributed by atoms with Crippen LogP contribution in [-0.2, 0) is 17.5 Å². The lowest BCUT2D eigenvalue weighted by atomic mass is 10.0. The average molecular weight is 419 g/mol. The number of hydrogen-bond donors (Lipinski definition) is 2. The van der Waals surface area contributed by atoms with Crippen molar-refractivity contribution < 1.29 is 22.4 Å². The van der Waals surface area contributed by atoms with Crippen molar-refractivity contribution in [3.63, 3.8) is 0 Å². The molecule has 1 fully saturated rings. The quantitative estimate of drug-likeness (QED) is 0.748. The molecule has 3 heterocycles. The fourth-order valence-electron chi connectivity index (χ4n) is 2.89. The first-order valence-corrected chi connectivity index (χ1v) is 8.38. The summed E-state index contributed by atoms with van der Waals surface area (Å²) in [5, 5.41) is 5.49. The van der Waals surface area contributed by atoms with Crippen molar-refractivity contribution in [3.8, 4) is 11.1 Å². The van der Waals surface area contributed by atoms with Gasteiger partial charge in [-0.3, -0.25) is 14.8 Å². The molecule has 28 heavy (non-hydrogen) atoms. The zero-order valence-corrected chi connectivity index (χ0v) is 15.7. The van der Waals surface area contributed by atoms with Gasteiger partial charge in [-0.25, -0.2) is 4.39 Å². The molecule has 2 atom stereocenters. The van der Waals surface area contributed by atoms with Crippen molar-refractivity contribution in [2.45, 2.75) is 38.3 Å².